The lowest BCUT2D eigenvalue weighted by atomic mass is 10.1. The van der Waals surface area contributed by atoms with Gasteiger partial charge >= 0.3 is 0 Å². The maximum Gasteiger partial charge on any atom is 0.269 e. The monoisotopic (exact) mass is 464 g/mol. The molecule has 0 saturated carbocycles. The smallest absolute Gasteiger partial charge is 0.269 e. The van der Waals surface area contributed by atoms with Gasteiger partial charge in [-0.3, -0.25) is 19.5 Å². The first-order chi connectivity index (χ1) is 15.4. The van der Waals surface area contributed by atoms with Crippen molar-refractivity contribution in [1.29, 1.82) is 0 Å². The third-order valence-electron chi connectivity index (χ3n) is 4.76. The Morgan fingerprint density at radius 2 is 1.66 bits per heavy atom. The standard InChI is InChI=1S/C23H17ClN4O3S/c1-15-2-10-19(11-3-15)27-22(17-4-8-18(24)9-5-17)25-26-23(27)32-14-21(29)16-6-12-20(13-7-16)28(30)31/h2-13H,14H2,1H3. The van der Waals surface area contributed by atoms with Gasteiger partial charge in [0.25, 0.3) is 5.69 Å². The summed E-state index contributed by atoms with van der Waals surface area (Å²) in [7, 11) is 0. The molecule has 32 heavy (non-hydrogen) atoms. The molecular formula is C23H17ClN4O3S. The minimum absolute atomic E-state index is 0.0547. The van der Waals surface area contributed by atoms with Gasteiger partial charge in [0, 0.05) is 34.0 Å². The summed E-state index contributed by atoms with van der Waals surface area (Å²) in [5, 5.41) is 20.7. The average Bonchev–Trinajstić information content (AvgIpc) is 3.22. The van der Waals surface area contributed by atoms with Crippen molar-refractivity contribution in [2.45, 2.75) is 12.1 Å². The van der Waals surface area contributed by atoms with E-state index >= 15 is 0 Å². The zero-order valence-corrected chi connectivity index (χ0v) is 18.5. The van der Waals surface area contributed by atoms with Crippen LogP contribution in [0, 0.1) is 17.0 Å². The van der Waals surface area contributed by atoms with Crippen molar-refractivity contribution in [2.75, 3.05) is 5.75 Å². The first-order valence-corrected chi connectivity index (χ1v) is 11.0. The molecule has 0 aliphatic rings. The molecule has 3 aromatic carbocycles. The fourth-order valence-corrected chi connectivity index (χ4v) is 4.03. The van der Waals surface area contributed by atoms with Gasteiger partial charge in [0.15, 0.2) is 16.8 Å². The second-order valence-corrected chi connectivity index (χ2v) is 8.38. The van der Waals surface area contributed by atoms with Crippen molar-refractivity contribution in [1.82, 2.24) is 14.8 Å². The number of aryl methyl sites for hydroxylation is 1. The summed E-state index contributed by atoms with van der Waals surface area (Å²) in [5.74, 6) is 0.592. The molecule has 0 atom stereocenters. The molecule has 0 radical (unpaired) electrons. The van der Waals surface area contributed by atoms with Gasteiger partial charge in [0.2, 0.25) is 0 Å². The molecule has 0 aliphatic carbocycles. The minimum atomic E-state index is -0.495. The Balaban J connectivity index is 1.63. The van der Waals surface area contributed by atoms with Crippen LogP contribution in [0.15, 0.2) is 78.0 Å². The van der Waals surface area contributed by atoms with Crippen LogP contribution in [-0.4, -0.2) is 31.2 Å². The fourth-order valence-electron chi connectivity index (χ4n) is 3.06. The molecule has 9 heteroatoms. The molecule has 0 aliphatic heterocycles. The number of carbonyl (C=O) groups is 1. The molecule has 0 bridgehead atoms. The summed E-state index contributed by atoms with van der Waals surface area (Å²) in [6, 6.07) is 20.8. The van der Waals surface area contributed by atoms with Crippen LogP contribution < -0.4 is 0 Å². The third kappa shape index (κ3) is 4.71. The molecule has 4 aromatic rings. The first kappa shape index (κ1) is 21.7. The molecule has 0 unspecified atom stereocenters. The maximum absolute atomic E-state index is 12.6. The number of nitro benzene ring substituents is 1. The first-order valence-electron chi connectivity index (χ1n) is 9.61. The van der Waals surface area contributed by atoms with Crippen LogP contribution in [0.3, 0.4) is 0 Å². The normalized spacial score (nSPS) is 10.8. The van der Waals surface area contributed by atoms with Gasteiger partial charge in [-0.15, -0.1) is 10.2 Å². The fraction of sp³-hybridized carbons (Fsp3) is 0.0870. The number of thioether (sulfide) groups is 1. The summed E-state index contributed by atoms with van der Waals surface area (Å²) < 4.78 is 1.90. The molecular weight excluding hydrogens is 448 g/mol. The van der Waals surface area contributed by atoms with E-state index in [0.717, 1.165) is 16.8 Å². The molecule has 0 N–H and O–H groups in total. The topological polar surface area (TPSA) is 90.9 Å². The number of halogens is 1. The third-order valence-corrected chi connectivity index (χ3v) is 5.94. The zero-order valence-electron chi connectivity index (χ0n) is 16.9. The average molecular weight is 465 g/mol. The Bertz CT molecular complexity index is 1270. The predicted molar refractivity (Wildman–Crippen MR) is 125 cm³/mol. The van der Waals surface area contributed by atoms with Crippen molar-refractivity contribution < 1.29 is 9.72 Å². The van der Waals surface area contributed by atoms with Crippen LogP contribution in [0.2, 0.25) is 5.02 Å². The van der Waals surface area contributed by atoms with E-state index in [2.05, 4.69) is 10.2 Å². The van der Waals surface area contributed by atoms with Crippen molar-refractivity contribution in [2.24, 2.45) is 0 Å². The molecule has 4 rings (SSSR count). The van der Waals surface area contributed by atoms with E-state index in [0.29, 0.717) is 21.6 Å². The minimum Gasteiger partial charge on any atom is -0.293 e. The van der Waals surface area contributed by atoms with Gasteiger partial charge in [0.05, 0.1) is 10.7 Å². The Labute approximate surface area is 193 Å². The number of benzene rings is 3. The number of rotatable bonds is 7. The van der Waals surface area contributed by atoms with Crippen LogP contribution in [0.5, 0.6) is 0 Å². The highest BCUT2D eigenvalue weighted by molar-refractivity contribution is 7.99. The van der Waals surface area contributed by atoms with E-state index in [1.807, 2.05) is 47.9 Å². The van der Waals surface area contributed by atoms with Crippen molar-refractivity contribution in [3.8, 4) is 17.1 Å². The number of Topliss-reactive ketones (excluding diaryl/α,β-unsaturated/α-hetero) is 1. The molecule has 0 fully saturated rings. The van der Waals surface area contributed by atoms with Crippen LogP contribution in [0.4, 0.5) is 5.69 Å². The van der Waals surface area contributed by atoms with Gasteiger partial charge < -0.3 is 0 Å². The number of ketones is 1. The summed E-state index contributed by atoms with van der Waals surface area (Å²) in [6.45, 7) is 2.01. The van der Waals surface area contributed by atoms with Gasteiger partial charge in [0.1, 0.15) is 0 Å². The molecule has 1 aromatic heterocycles. The molecule has 0 spiro atoms. The van der Waals surface area contributed by atoms with E-state index < -0.39 is 4.92 Å². The van der Waals surface area contributed by atoms with Crippen LogP contribution in [0.1, 0.15) is 15.9 Å². The quantitative estimate of drug-likeness (QED) is 0.149. The Morgan fingerprint density at radius 1 is 1.00 bits per heavy atom. The van der Waals surface area contributed by atoms with Crippen LogP contribution in [0.25, 0.3) is 17.1 Å². The number of nitrogens with zero attached hydrogens (tertiary/aromatic N) is 4. The van der Waals surface area contributed by atoms with Crippen LogP contribution >= 0.6 is 23.4 Å². The predicted octanol–water partition coefficient (Wildman–Crippen LogP) is 5.78. The number of carbonyl (C=O) groups excluding carboxylic acids is 1. The van der Waals surface area contributed by atoms with Gasteiger partial charge in [-0.25, -0.2) is 0 Å². The highest BCUT2D eigenvalue weighted by Crippen LogP contribution is 2.29. The van der Waals surface area contributed by atoms with Crippen molar-refractivity contribution >= 4 is 34.8 Å². The molecule has 0 amide bonds. The second-order valence-electron chi connectivity index (χ2n) is 7.00. The number of nitro groups is 1. The Morgan fingerprint density at radius 3 is 2.28 bits per heavy atom. The Hall–Kier alpha value is -3.49. The summed E-state index contributed by atoms with van der Waals surface area (Å²) >= 11 is 7.28. The molecule has 1 heterocycles. The number of aromatic nitrogens is 3. The summed E-state index contributed by atoms with van der Waals surface area (Å²) in [4.78, 5) is 23.0. The van der Waals surface area contributed by atoms with Gasteiger partial charge in [-0.05, 0) is 55.5 Å². The number of hydrogen-bond acceptors (Lipinski definition) is 6. The summed E-state index contributed by atoms with van der Waals surface area (Å²) in [6.07, 6.45) is 0. The number of hydrogen-bond donors (Lipinski definition) is 0. The van der Waals surface area contributed by atoms with E-state index in [1.165, 1.54) is 36.0 Å². The van der Waals surface area contributed by atoms with E-state index in [1.54, 1.807) is 12.1 Å². The van der Waals surface area contributed by atoms with E-state index in [9.17, 15) is 14.9 Å². The largest absolute Gasteiger partial charge is 0.293 e. The zero-order chi connectivity index (χ0) is 22.7. The van der Waals surface area contributed by atoms with Crippen molar-refractivity contribution in [3.05, 3.63) is 99.1 Å². The lowest BCUT2D eigenvalue weighted by Gasteiger charge is -2.11. The SMILES string of the molecule is Cc1ccc(-n2c(SCC(=O)c3ccc([N+](=O)[O-])cc3)nnc2-c2ccc(Cl)cc2)cc1. The summed E-state index contributed by atoms with van der Waals surface area (Å²) in [5.41, 5.74) is 3.19. The van der Waals surface area contributed by atoms with Gasteiger partial charge in [-0.2, -0.15) is 0 Å². The molecule has 7 nitrogen and oxygen atoms in total. The van der Waals surface area contributed by atoms with Crippen LogP contribution in [-0.2, 0) is 0 Å². The Kier molecular flexibility index (Phi) is 6.34. The lowest BCUT2D eigenvalue weighted by Crippen LogP contribution is -2.05. The highest BCUT2D eigenvalue weighted by Gasteiger charge is 2.18. The molecule has 160 valence electrons. The second kappa shape index (κ2) is 9.33. The highest BCUT2D eigenvalue weighted by atomic mass is 35.5. The lowest BCUT2D eigenvalue weighted by molar-refractivity contribution is -0.384. The van der Waals surface area contributed by atoms with E-state index in [-0.39, 0.29) is 17.2 Å². The number of non-ortho nitro benzene ring substituents is 1. The molecule has 0 saturated heterocycles. The van der Waals surface area contributed by atoms with Gasteiger partial charge in [-0.1, -0.05) is 41.1 Å². The van der Waals surface area contributed by atoms with E-state index in [4.69, 9.17) is 11.6 Å². The maximum atomic E-state index is 12.6. The van der Waals surface area contributed by atoms with Crippen molar-refractivity contribution in [3.63, 3.8) is 0 Å².